The van der Waals surface area contributed by atoms with Crippen molar-refractivity contribution < 1.29 is 17.1 Å². The largest absolute Gasteiger partial charge is 2.00 e. The molecule has 1 N–H and O–H groups in total. The van der Waals surface area contributed by atoms with Crippen LogP contribution in [0.5, 0.6) is 0 Å². The monoisotopic (exact) mass is 339 g/mol. The molecule has 20 heavy (non-hydrogen) atoms. The number of hydrogen-bond acceptors (Lipinski definition) is 3. The number of pyridine rings is 1. The van der Waals surface area contributed by atoms with Crippen molar-refractivity contribution in [1.29, 1.82) is 0 Å². The Hall–Kier alpha value is -0.971. The number of aryl methyl sites for hydroxylation is 1. The minimum atomic E-state index is 0. The molecule has 0 unspecified atom stereocenters. The van der Waals surface area contributed by atoms with Gasteiger partial charge in [0, 0.05) is 18.8 Å². The van der Waals surface area contributed by atoms with Gasteiger partial charge in [-0.1, -0.05) is 6.07 Å². The predicted molar refractivity (Wildman–Crippen MR) is 82.3 cm³/mol. The van der Waals surface area contributed by atoms with Crippen molar-refractivity contribution >= 4 is 23.0 Å². The summed E-state index contributed by atoms with van der Waals surface area (Å²) in [5, 5.41) is 5.05. The zero-order valence-electron chi connectivity index (χ0n) is 11.8. The molecule has 0 aromatic carbocycles. The van der Waals surface area contributed by atoms with E-state index in [1.807, 2.05) is 32.0 Å². The van der Waals surface area contributed by atoms with E-state index in [2.05, 4.69) is 20.4 Å². The van der Waals surface area contributed by atoms with Crippen LogP contribution in [0.25, 0.3) is 0 Å². The van der Waals surface area contributed by atoms with E-state index in [0.717, 1.165) is 30.2 Å². The van der Waals surface area contributed by atoms with Crippen LogP contribution in [0.3, 0.4) is 0 Å². The van der Waals surface area contributed by atoms with Crippen LogP contribution in [-0.2, 0) is 17.1 Å². The van der Waals surface area contributed by atoms with Crippen LogP contribution >= 0.6 is 12.2 Å². The van der Waals surface area contributed by atoms with Gasteiger partial charge in [-0.2, -0.15) is 5.10 Å². The number of rotatable bonds is 2. The first-order valence-corrected chi connectivity index (χ1v) is 7.11. The van der Waals surface area contributed by atoms with E-state index < -0.39 is 0 Å². The van der Waals surface area contributed by atoms with Crippen molar-refractivity contribution in [1.82, 2.24) is 15.3 Å². The molecule has 0 spiro atoms. The standard InChI is InChI=1S/C14H20N4S.Cu/c1-11-7-6-8-13(15-11)12(2)16-17-14(19)18-9-4-3-5-10-18;/h6-8H,3-5,9-10H2,1-2H3,(H,17,19);/q;+2. The molecule has 6 heteroatoms. The Morgan fingerprint density at radius 3 is 2.65 bits per heavy atom. The molecule has 1 saturated heterocycles. The van der Waals surface area contributed by atoms with Crippen LogP contribution in [0, 0.1) is 6.92 Å². The minimum Gasteiger partial charge on any atom is -0.348 e. The number of likely N-dealkylation sites (tertiary alicyclic amines) is 1. The van der Waals surface area contributed by atoms with Gasteiger partial charge in [0.1, 0.15) is 0 Å². The van der Waals surface area contributed by atoms with Crippen molar-refractivity contribution in [3.05, 3.63) is 29.6 Å². The molecule has 0 bridgehead atoms. The van der Waals surface area contributed by atoms with Crippen LogP contribution in [0.4, 0.5) is 0 Å². The number of piperidine rings is 1. The first kappa shape index (κ1) is 17.1. The molecule has 1 aromatic rings. The molecule has 1 aliphatic heterocycles. The Bertz CT molecular complexity index is 484. The zero-order chi connectivity index (χ0) is 13.7. The summed E-state index contributed by atoms with van der Waals surface area (Å²) in [7, 11) is 0. The van der Waals surface area contributed by atoms with E-state index in [4.69, 9.17) is 12.2 Å². The van der Waals surface area contributed by atoms with Crippen LogP contribution in [-0.4, -0.2) is 33.8 Å². The molecule has 1 fully saturated rings. The van der Waals surface area contributed by atoms with Gasteiger partial charge >= 0.3 is 17.1 Å². The average molecular weight is 340 g/mol. The van der Waals surface area contributed by atoms with Crippen molar-refractivity contribution in [3.63, 3.8) is 0 Å². The summed E-state index contributed by atoms with van der Waals surface area (Å²) in [6.07, 6.45) is 3.72. The molecule has 1 aliphatic rings. The van der Waals surface area contributed by atoms with E-state index in [9.17, 15) is 0 Å². The van der Waals surface area contributed by atoms with E-state index in [0.29, 0.717) is 5.11 Å². The number of nitrogens with zero attached hydrogens (tertiary/aromatic N) is 3. The molecule has 2 heterocycles. The van der Waals surface area contributed by atoms with Gasteiger partial charge in [0.15, 0.2) is 5.11 Å². The molecule has 1 aromatic heterocycles. The van der Waals surface area contributed by atoms with Crippen molar-refractivity contribution in [2.24, 2.45) is 5.10 Å². The molecule has 111 valence electrons. The van der Waals surface area contributed by atoms with E-state index in [-0.39, 0.29) is 17.1 Å². The summed E-state index contributed by atoms with van der Waals surface area (Å²) >= 11 is 5.36. The third kappa shape index (κ3) is 4.85. The Labute approximate surface area is 136 Å². The van der Waals surface area contributed by atoms with Crippen molar-refractivity contribution in [2.75, 3.05) is 13.1 Å². The predicted octanol–water partition coefficient (Wildman–Crippen LogP) is 2.47. The number of nitrogens with one attached hydrogen (secondary N) is 1. The van der Waals surface area contributed by atoms with Crippen LogP contribution in [0.1, 0.15) is 37.6 Å². The van der Waals surface area contributed by atoms with Crippen molar-refractivity contribution in [3.8, 4) is 0 Å². The Morgan fingerprint density at radius 2 is 2.00 bits per heavy atom. The normalized spacial score (nSPS) is 15.5. The minimum absolute atomic E-state index is 0. The fourth-order valence-electron chi connectivity index (χ4n) is 2.10. The molecule has 0 saturated carbocycles. The second-order valence-corrected chi connectivity index (χ2v) is 5.21. The van der Waals surface area contributed by atoms with E-state index in [1.165, 1.54) is 19.3 Å². The van der Waals surface area contributed by atoms with Crippen LogP contribution in [0.2, 0.25) is 0 Å². The Kier molecular flexibility index (Phi) is 7.13. The van der Waals surface area contributed by atoms with Crippen molar-refractivity contribution in [2.45, 2.75) is 33.1 Å². The molecule has 0 atom stereocenters. The summed E-state index contributed by atoms with van der Waals surface area (Å²) in [5.74, 6) is 0. The number of hydrazone groups is 1. The Balaban J connectivity index is 0.00000200. The third-order valence-corrected chi connectivity index (χ3v) is 3.57. The zero-order valence-corrected chi connectivity index (χ0v) is 13.6. The summed E-state index contributed by atoms with van der Waals surface area (Å²) in [6.45, 7) is 5.97. The maximum absolute atomic E-state index is 5.36. The van der Waals surface area contributed by atoms with Gasteiger partial charge in [-0.25, -0.2) is 0 Å². The van der Waals surface area contributed by atoms with Crippen LogP contribution < -0.4 is 5.43 Å². The second-order valence-electron chi connectivity index (χ2n) is 4.83. The topological polar surface area (TPSA) is 40.5 Å². The molecule has 4 nitrogen and oxygen atoms in total. The molecule has 2 rings (SSSR count). The second kappa shape index (κ2) is 8.35. The third-order valence-electron chi connectivity index (χ3n) is 3.22. The maximum Gasteiger partial charge on any atom is 2.00 e. The van der Waals surface area contributed by atoms with Gasteiger partial charge in [-0.3, -0.25) is 10.4 Å². The fourth-order valence-corrected chi connectivity index (χ4v) is 2.33. The smallest absolute Gasteiger partial charge is 0.348 e. The molecule has 1 radical (unpaired) electrons. The van der Waals surface area contributed by atoms with Gasteiger partial charge in [-0.05, 0) is 57.5 Å². The maximum atomic E-state index is 5.36. The quantitative estimate of drug-likeness (QED) is 0.389. The van der Waals surface area contributed by atoms with Crippen LogP contribution in [0.15, 0.2) is 23.3 Å². The summed E-state index contributed by atoms with van der Waals surface area (Å²) in [6, 6.07) is 5.92. The SMILES string of the molecule is CC(=NNC(=S)N1CCCCC1)c1cccc(C)n1.[Cu+2]. The summed E-state index contributed by atoms with van der Waals surface area (Å²) in [5.41, 5.74) is 5.70. The van der Waals surface area contributed by atoms with Gasteiger partial charge < -0.3 is 4.90 Å². The summed E-state index contributed by atoms with van der Waals surface area (Å²) < 4.78 is 0. The van der Waals surface area contributed by atoms with Gasteiger partial charge in [0.05, 0.1) is 11.4 Å². The number of aromatic nitrogens is 1. The average Bonchev–Trinajstić information content (AvgIpc) is 2.45. The molecule has 0 aliphatic carbocycles. The van der Waals surface area contributed by atoms with Gasteiger partial charge in [0.25, 0.3) is 0 Å². The first-order valence-electron chi connectivity index (χ1n) is 6.70. The Morgan fingerprint density at radius 1 is 1.30 bits per heavy atom. The fraction of sp³-hybridized carbons (Fsp3) is 0.500. The van der Waals surface area contributed by atoms with E-state index >= 15 is 0 Å². The van der Waals surface area contributed by atoms with Gasteiger partial charge in [0.2, 0.25) is 0 Å². The molecular formula is C14H20CuN4S+2. The number of hydrogen-bond donors (Lipinski definition) is 1. The first-order chi connectivity index (χ1) is 9.16. The molecule has 0 amide bonds. The van der Waals surface area contributed by atoms with Gasteiger partial charge in [-0.15, -0.1) is 0 Å². The number of thiocarbonyl (C=S) groups is 1. The summed E-state index contributed by atoms with van der Waals surface area (Å²) in [4.78, 5) is 6.62. The van der Waals surface area contributed by atoms with E-state index in [1.54, 1.807) is 0 Å². The molecular weight excluding hydrogens is 320 g/mol.